The second-order valence-corrected chi connectivity index (χ2v) is 10.2. The molecule has 0 spiro atoms. The number of aryl methyl sites for hydroxylation is 2. The second kappa shape index (κ2) is 10.3. The van der Waals surface area contributed by atoms with Crippen molar-refractivity contribution in [3.8, 4) is 5.75 Å². The minimum absolute atomic E-state index is 0.00125. The van der Waals surface area contributed by atoms with Gasteiger partial charge in [0, 0.05) is 19.0 Å². The molecule has 3 rings (SSSR count). The van der Waals surface area contributed by atoms with E-state index in [1.807, 2.05) is 63.2 Å². The maximum Gasteiger partial charge on any atom is 0.223 e. The van der Waals surface area contributed by atoms with Crippen LogP contribution in [0.5, 0.6) is 5.75 Å². The van der Waals surface area contributed by atoms with Crippen LogP contribution in [-0.2, 0) is 20.6 Å². The highest BCUT2D eigenvalue weighted by Crippen LogP contribution is 2.23. The number of nitrogens with one attached hydrogen (secondary N) is 1. The number of amides is 1. The molecule has 1 heterocycles. The van der Waals surface area contributed by atoms with Crippen LogP contribution in [0, 0.1) is 26.7 Å². The van der Waals surface area contributed by atoms with E-state index in [9.17, 15) is 13.2 Å². The number of piperidine rings is 1. The summed E-state index contributed by atoms with van der Waals surface area (Å²) < 4.78 is 32.8. The van der Waals surface area contributed by atoms with Crippen LogP contribution >= 0.6 is 0 Å². The van der Waals surface area contributed by atoms with Crippen molar-refractivity contribution < 1.29 is 17.9 Å². The normalized spacial score (nSPS) is 15.6. The summed E-state index contributed by atoms with van der Waals surface area (Å²) >= 11 is 0. The highest BCUT2D eigenvalue weighted by molar-refractivity contribution is 7.88. The summed E-state index contributed by atoms with van der Waals surface area (Å²) in [6.07, 6.45) is 1.08. The Morgan fingerprint density at radius 1 is 1.10 bits per heavy atom. The number of sulfonamides is 1. The molecule has 1 saturated heterocycles. The summed E-state index contributed by atoms with van der Waals surface area (Å²) in [5, 5.41) is 2.92. The van der Waals surface area contributed by atoms with Crippen LogP contribution in [0.15, 0.2) is 42.5 Å². The number of ether oxygens (including phenoxy) is 1. The molecule has 0 aliphatic carbocycles. The van der Waals surface area contributed by atoms with Gasteiger partial charge in [0.15, 0.2) is 0 Å². The first-order valence-electron chi connectivity index (χ1n) is 10.8. The third kappa shape index (κ3) is 6.31. The Bertz CT molecular complexity index is 1010. The van der Waals surface area contributed by atoms with Crippen LogP contribution in [0.1, 0.15) is 35.1 Å². The summed E-state index contributed by atoms with van der Waals surface area (Å²) in [5.74, 6) is 0.647. The molecule has 2 aromatic carbocycles. The fourth-order valence-corrected chi connectivity index (χ4v) is 5.41. The van der Waals surface area contributed by atoms with Gasteiger partial charge in [-0.25, -0.2) is 12.7 Å². The van der Waals surface area contributed by atoms with E-state index in [1.165, 1.54) is 9.87 Å². The lowest BCUT2D eigenvalue weighted by Gasteiger charge is -2.30. The minimum Gasteiger partial charge on any atom is -0.491 e. The molecule has 1 fully saturated rings. The van der Waals surface area contributed by atoms with Gasteiger partial charge in [-0.05, 0) is 56.4 Å². The fourth-order valence-electron chi connectivity index (χ4n) is 3.86. The molecular formula is C24H32N2O4S. The average Bonchev–Trinajstić information content (AvgIpc) is 2.73. The van der Waals surface area contributed by atoms with Crippen molar-refractivity contribution >= 4 is 15.9 Å². The number of benzene rings is 2. The van der Waals surface area contributed by atoms with E-state index in [4.69, 9.17) is 4.74 Å². The monoisotopic (exact) mass is 444 g/mol. The zero-order chi connectivity index (χ0) is 22.4. The average molecular weight is 445 g/mol. The van der Waals surface area contributed by atoms with E-state index in [-0.39, 0.29) is 17.6 Å². The van der Waals surface area contributed by atoms with Crippen molar-refractivity contribution in [1.29, 1.82) is 0 Å². The fraction of sp³-hybridized carbons (Fsp3) is 0.458. The number of hydrogen-bond donors (Lipinski definition) is 1. The number of hydrogen-bond acceptors (Lipinski definition) is 4. The maximum atomic E-state index is 12.7. The molecule has 2 aromatic rings. The lowest BCUT2D eigenvalue weighted by molar-refractivity contribution is -0.126. The first-order valence-corrected chi connectivity index (χ1v) is 12.4. The molecule has 0 radical (unpaired) electrons. The van der Waals surface area contributed by atoms with E-state index < -0.39 is 10.0 Å². The van der Waals surface area contributed by atoms with E-state index in [0.717, 1.165) is 22.4 Å². The van der Waals surface area contributed by atoms with Crippen LogP contribution in [0.3, 0.4) is 0 Å². The Kier molecular flexibility index (Phi) is 7.73. The number of rotatable bonds is 8. The molecule has 0 bridgehead atoms. The Morgan fingerprint density at radius 3 is 2.52 bits per heavy atom. The molecule has 168 valence electrons. The predicted molar refractivity (Wildman–Crippen MR) is 123 cm³/mol. The first-order chi connectivity index (χ1) is 14.8. The van der Waals surface area contributed by atoms with Gasteiger partial charge in [-0.2, -0.15) is 0 Å². The third-order valence-corrected chi connectivity index (χ3v) is 7.71. The maximum absolute atomic E-state index is 12.7. The largest absolute Gasteiger partial charge is 0.491 e. The summed E-state index contributed by atoms with van der Waals surface area (Å²) in [6.45, 7) is 7.60. The lowest BCUT2D eigenvalue weighted by atomic mass is 9.97. The SMILES string of the molecule is Cc1cccc(CS(=O)(=O)N2CCC(C(=O)NCCOc3cccc(C)c3C)CC2)c1. The number of carbonyl (C=O) groups is 1. The predicted octanol–water partition coefficient (Wildman–Crippen LogP) is 3.35. The molecule has 0 atom stereocenters. The summed E-state index contributed by atoms with van der Waals surface area (Å²) in [4.78, 5) is 12.5. The molecule has 1 aliphatic heterocycles. The Hall–Kier alpha value is -2.38. The minimum atomic E-state index is -3.38. The van der Waals surface area contributed by atoms with E-state index in [0.29, 0.717) is 39.1 Å². The first kappa shape index (κ1) is 23.3. The molecule has 1 amide bonds. The highest BCUT2D eigenvalue weighted by Gasteiger charge is 2.31. The van der Waals surface area contributed by atoms with Gasteiger partial charge in [0.1, 0.15) is 12.4 Å². The van der Waals surface area contributed by atoms with Gasteiger partial charge < -0.3 is 10.1 Å². The van der Waals surface area contributed by atoms with Crippen molar-refractivity contribution in [3.63, 3.8) is 0 Å². The molecule has 1 aliphatic rings. The Morgan fingerprint density at radius 2 is 1.81 bits per heavy atom. The van der Waals surface area contributed by atoms with Gasteiger partial charge in [0.2, 0.25) is 15.9 Å². The highest BCUT2D eigenvalue weighted by atomic mass is 32.2. The zero-order valence-corrected chi connectivity index (χ0v) is 19.4. The van der Waals surface area contributed by atoms with Gasteiger partial charge >= 0.3 is 0 Å². The summed E-state index contributed by atoms with van der Waals surface area (Å²) in [5.41, 5.74) is 4.12. The van der Waals surface area contributed by atoms with Crippen LogP contribution in [0.4, 0.5) is 0 Å². The molecule has 31 heavy (non-hydrogen) atoms. The summed E-state index contributed by atoms with van der Waals surface area (Å²) in [6, 6.07) is 13.5. The van der Waals surface area contributed by atoms with Crippen molar-refractivity contribution in [2.75, 3.05) is 26.2 Å². The van der Waals surface area contributed by atoms with Gasteiger partial charge in [-0.1, -0.05) is 42.0 Å². The van der Waals surface area contributed by atoms with E-state index in [1.54, 1.807) is 0 Å². The standard InChI is InChI=1S/C24H32N2O4S/c1-18-6-4-8-21(16-18)17-31(28,29)26-13-10-22(11-14-26)24(27)25-12-15-30-23-9-5-7-19(2)20(23)3/h4-9,16,22H,10-15,17H2,1-3H3,(H,25,27). The Balaban J connectivity index is 1.42. The van der Waals surface area contributed by atoms with Crippen LogP contribution in [0.2, 0.25) is 0 Å². The number of carbonyl (C=O) groups excluding carboxylic acids is 1. The van der Waals surface area contributed by atoms with Gasteiger partial charge in [0.25, 0.3) is 0 Å². The van der Waals surface area contributed by atoms with Gasteiger partial charge in [-0.3, -0.25) is 4.79 Å². The van der Waals surface area contributed by atoms with Crippen molar-refractivity contribution in [2.24, 2.45) is 5.92 Å². The summed E-state index contributed by atoms with van der Waals surface area (Å²) in [7, 11) is -3.38. The molecule has 0 aromatic heterocycles. The van der Waals surface area contributed by atoms with E-state index >= 15 is 0 Å². The van der Waals surface area contributed by atoms with E-state index in [2.05, 4.69) is 5.32 Å². The topological polar surface area (TPSA) is 75.7 Å². The van der Waals surface area contributed by atoms with Crippen LogP contribution in [-0.4, -0.2) is 44.9 Å². The molecule has 7 heteroatoms. The van der Waals surface area contributed by atoms with Crippen molar-refractivity contribution in [2.45, 2.75) is 39.4 Å². The van der Waals surface area contributed by atoms with Crippen molar-refractivity contribution in [3.05, 3.63) is 64.7 Å². The smallest absolute Gasteiger partial charge is 0.223 e. The third-order valence-electron chi connectivity index (χ3n) is 5.86. The quantitative estimate of drug-likeness (QED) is 0.634. The lowest BCUT2D eigenvalue weighted by Crippen LogP contribution is -2.43. The Labute approximate surface area is 185 Å². The molecule has 0 unspecified atom stereocenters. The van der Waals surface area contributed by atoms with Crippen molar-refractivity contribution in [1.82, 2.24) is 9.62 Å². The zero-order valence-electron chi connectivity index (χ0n) is 18.6. The molecular weight excluding hydrogens is 412 g/mol. The van der Waals surface area contributed by atoms with Gasteiger partial charge in [0.05, 0.1) is 12.3 Å². The number of nitrogens with zero attached hydrogens (tertiary/aromatic N) is 1. The van der Waals surface area contributed by atoms with Gasteiger partial charge in [-0.15, -0.1) is 0 Å². The second-order valence-electron chi connectivity index (χ2n) is 8.26. The van der Waals surface area contributed by atoms with Crippen LogP contribution < -0.4 is 10.1 Å². The van der Waals surface area contributed by atoms with Crippen LogP contribution in [0.25, 0.3) is 0 Å². The molecule has 6 nitrogen and oxygen atoms in total. The molecule has 0 saturated carbocycles. The molecule has 1 N–H and O–H groups in total.